The molecule has 1 unspecified atom stereocenters. The lowest BCUT2D eigenvalue weighted by Gasteiger charge is -2.35. The topological polar surface area (TPSA) is 96.7 Å². The Kier molecular flexibility index (Phi) is 7.37. The van der Waals surface area contributed by atoms with E-state index in [2.05, 4.69) is 37.2 Å². The number of hydrogen-bond donors (Lipinski definition) is 1. The fourth-order valence-electron chi connectivity index (χ4n) is 5.19. The first-order valence-corrected chi connectivity index (χ1v) is 13.4. The summed E-state index contributed by atoms with van der Waals surface area (Å²) in [6.45, 7) is 3.94. The molecule has 214 valence electrons. The van der Waals surface area contributed by atoms with Gasteiger partial charge in [-0.25, -0.2) is 28.8 Å². The van der Waals surface area contributed by atoms with Crippen LogP contribution in [0.1, 0.15) is 18.0 Å². The van der Waals surface area contributed by atoms with Gasteiger partial charge in [0.15, 0.2) is 29.0 Å². The number of pyridine rings is 1. The summed E-state index contributed by atoms with van der Waals surface area (Å²) in [5, 5.41) is 9.11. The average molecular weight is 564 g/mol. The van der Waals surface area contributed by atoms with Crippen LogP contribution in [0.3, 0.4) is 0 Å². The molecule has 2 saturated heterocycles. The fourth-order valence-corrected chi connectivity index (χ4v) is 5.19. The zero-order chi connectivity index (χ0) is 28.5. The summed E-state index contributed by atoms with van der Waals surface area (Å²) in [6.07, 6.45) is 5.57. The Bertz CT molecular complexity index is 1540. The van der Waals surface area contributed by atoms with Crippen molar-refractivity contribution in [3.63, 3.8) is 0 Å². The first kappa shape index (κ1) is 26.8. The second kappa shape index (κ2) is 11.3. The van der Waals surface area contributed by atoms with E-state index in [-0.39, 0.29) is 5.56 Å². The Morgan fingerprint density at radius 1 is 1.07 bits per heavy atom. The predicted molar refractivity (Wildman–Crippen MR) is 150 cm³/mol. The SMILES string of the molecule is COc1cc(N2CCN(C)CC2)c(-c2cnn(C)c2)nc1Nc1cc(N2OCCC2c2cccc(F)c2F)ncn1. The number of nitrogens with one attached hydrogen (secondary N) is 1. The summed E-state index contributed by atoms with van der Waals surface area (Å²) in [4.78, 5) is 24.1. The van der Waals surface area contributed by atoms with Crippen LogP contribution < -0.4 is 20.0 Å². The Hall–Kier alpha value is -4.36. The smallest absolute Gasteiger partial charge is 0.175 e. The Morgan fingerprint density at radius 2 is 1.90 bits per heavy atom. The van der Waals surface area contributed by atoms with Gasteiger partial charge in [-0.05, 0) is 13.1 Å². The van der Waals surface area contributed by atoms with E-state index in [4.69, 9.17) is 14.6 Å². The highest BCUT2D eigenvalue weighted by Gasteiger charge is 2.32. The number of methoxy groups -OCH3 is 1. The van der Waals surface area contributed by atoms with Crippen molar-refractivity contribution < 1.29 is 18.4 Å². The molecule has 11 nitrogen and oxygen atoms in total. The monoisotopic (exact) mass is 563 g/mol. The molecule has 3 aromatic heterocycles. The van der Waals surface area contributed by atoms with Crippen LogP contribution >= 0.6 is 0 Å². The number of ether oxygens (including phenoxy) is 1. The molecule has 0 aliphatic carbocycles. The maximum atomic E-state index is 14.6. The lowest BCUT2D eigenvalue weighted by Crippen LogP contribution is -2.44. The molecule has 13 heteroatoms. The molecular formula is C28H31F2N9O2. The minimum atomic E-state index is -0.901. The van der Waals surface area contributed by atoms with E-state index >= 15 is 0 Å². The number of aromatic nitrogens is 5. The number of halogens is 2. The van der Waals surface area contributed by atoms with Crippen LogP contribution in [0.25, 0.3) is 11.3 Å². The molecule has 0 amide bonds. The summed E-state index contributed by atoms with van der Waals surface area (Å²) >= 11 is 0. The maximum absolute atomic E-state index is 14.6. The Balaban J connectivity index is 1.33. The number of hydrogen-bond acceptors (Lipinski definition) is 10. The van der Waals surface area contributed by atoms with Crippen LogP contribution in [-0.2, 0) is 11.9 Å². The molecule has 41 heavy (non-hydrogen) atoms. The van der Waals surface area contributed by atoms with Gasteiger partial charge in [0.1, 0.15) is 12.1 Å². The molecule has 4 aromatic rings. The highest BCUT2D eigenvalue weighted by Crippen LogP contribution is 2.39. The lowest BCUT2D eigenvalue weighted by molar-refractivity contribution is 0.156. The van der Waals surface area contributed by atoms with Gasteiger partial charge in [-0.3, -0.25) is 9.52 Å². The number of hydroxylamine groups is 1. The van der Waals surface area contributed by atoms with Crippen LogP contribution in [-0.4, -0.2) is 76.6 Å². The number of aryl methyl sites for hydroxylation is 1. The van der Waals surface area contributed by atoms with E-state index in [1.54, 1.807) is 30.1 Å². The standard InChI is InChI=1S/C28H31F2N9O2/c1-36-8-10-38(11-9-36)22-13-23(40-3)28(35-27(22)18-15-33-37(2)16-18)34-24-14-25(32-17-31-24)39-21(7-12-41-39)19-5-4-6-20(29)26(19)30/h4-6,13-17,21H,7-12H2,1-3H3,(H,31,32,34,35). The second-order valence-corrected chi connectivity index (χ2v) is 10.1. The van der Waals surface area contributed by atoms with E-state index in [1.165, 1.54) is 17.5 Å². The van der Waals surface area contributed by atoms with Crippen molar-refractivity contribution >= 4 is 23.1 Å². The molecule has 0 radical (unpaired) electrons. The molecule has 1 N–H and O–H groups in total. The molecule has 2 aliphatic heterocycles. The molecule has 0 bridgehead atoms. The molecular weight excluding hydrogens is 532 g/mol. The lowest BCUT2D eigenvalue weighted by atomic mass is 10.0. The number of nitrogens with zero attached hydrogens (tertiary/aromatic N) is 8. The summed E-state index contributed by atoms with van der Waals surface area (Å²) in [7, 11) is 5.58. The van der Waals surface area contributed by atoms with Crippen LogP contribution in [0.15, 0.2) is 49.1 Å². The first-order chi connectivity index (χ1) is 19.9. The van der Waals surface area contributed by atoms with Crippen LogP contribution in [0.4, 0.5) is 31.9 Å². The van der Waals surface area contributed by atoms with Crippen molar-refractivity contribution in [3.05, 3.63) is 66.3 Å². The molecule has 1 aromatic carbocycles. The van der Waals surface area contributed by atoms with Gasteiger partial charge in [-0.15, -0.1) is 0 Å². The van der Waals surface area contributed by atoms with Gasteiger partial charge in [-0.2, -0.15) is 5.10 Å². The number of benzene rings is 1. The fraction of sp³-hybridized carbons (Fsp3) is 0.357. The van der Waals surface area contributed by atoms with E-state index in [9.17, 15) is 8.78 Å². The van der Waals surface area contributed by atoms with Gasteiger partial charge in [0.05, 0.1) is 37.3 Å². The maximum Gasteiger partial charge on any atom is 0.175 e. The van der Waals surface area contributed by atoms with Crippen molar-refractivity contribution in [2.24, 2.45) is 7.05 Å². The zero-order valence-corrected chi connectivity index (χ0v) is 23.1. The number of rotatable bonds is 7. The van der Waals surface area contributed by atoms with E-state index in [0.29, 0.717) is 36.2 Å². The molecule has 0 spiro atoms. The Labute approximate surface area is 236 Å². The van der Waals surface area contributed by atoms with Gasteiger partial charge < -0.3 is 19.9 Å². The van der Waals surface area contributed by atoms with Gasteiger partial charge >= 0.3 is 0 Å². The third-order valence-corrected chi connectivity index (χ3v) is 7.38. The largest absolute Gasteiger partial charge is 0.493 e. The van der Waals surface area contributed by atoms with Crippen molar-refractivity contribution in [1.29, 1.82) is 0 Å². The van der Waals surface area contributed by atoms with Gasteiger partial charge in [-0.1, -0.05) is 12.1 Å². The first-order valence-electron chi connectivity index (χ1n) is 13.4. The van der Waals surface area contributed by atoms with E-state index in [0.717, 1.165) is 49.2 Å². The van der Waals surface area contributed by atoms with Crippen LogP contribution in [0, 0.1) is 11.6 Å². The highest BCUT2D eigenvalue weighted by atomic mass is 19.2. The zero-order valence-electron chi connectivity index (χ0n) is 23.1. The molecule has 0 saturated carbocycles. The summed E-state index contributed by atoms with van der Waals surface area (Å²) in [5.74, 6) is 0.0425. The summed E-state index contributed by atoms with van der Waals surface area (Å²) < 4.78 is 36.1. The van der Waals surface area contributed by atoms with Crippen LogP contribution in [0.2, 0.25) is 0 Å². The number of likely N-dealkylation sites (N-methyl/N-ethyl adjacent to an activating group) is 1. The van der Waals surface area contributed by atoms with Crippen molar-refractivity contribution in [2.45, 2.75) is 12.5 Å². The third-order valence-electron chi connectivity index (χ3n) is 7.38. The van der Waals surface area contributed by atoms with E-state index in [1.807, 2.05) is 19.3 Å². The van der Waals surface area contributed by atoms with Crippen LogP contribution in [0.5, 0.6) is 5.75 Å². The Morgan fingerprint density at radius 3 is 2.66 bits per heavy atom. The minimum Gasteiger partial charge on any atom is -0.493 e. The van der Waals surface area contributed by atoms with E-state index < -0.39 is 17.7 Å². The summed E-state index contributed by atoms with van der Waals surface area (Å²) in [5.41, 5.74) is 2.81. The molecule has 2 aliphatic rings. The summed E-state index contributed by atoms with van der Waals surface area (Å²) in [6, 6.07) is 7.26. The quantitative estimate of drug-likeness (QED) is 0.356. The highest BCUT2D eigenvalue weighted by molar-refractivity contribution is 5.80. The number of anilines is 4. The van der Waals surface area contributed by atoms with Crippen molar-refractivity contribution in [3.8, 4) is 17.0 Å². The predicted octanol–water partition coefficient (Wildman–Crippen LogP) is 3.94. The van der Waals surface area contributed by atoms with Crippen molar-refractivity contribution in [2.75, 3.05) is 62.2 Å². The second-order valence-electron chi connectivity index (χ2n) is 10.1. The molecule has 2 fully saturated rings. The normalized spacial score (nSPS) is 17.7. The van der Waals surface area contributed by atoms with Crippen molar-refractivity contribution in [1.82, 2.24) is 29.6 Å². The molecule has 5 heterocycles. The van der Waals surface area contributed by atoms with Gasteiger partial charge in [0.2, 0.25) is 0 Å². The molecule has 1 atom stereocenters. The average Bonchev–Trinajstić information content (AvgIpc) is 3.64. The third kappa shape index (κ3) is 5.37. The minimum absolute atomic E-state index is 0.208. The molecule has 6 rings (SSSR count). The van der Waals surface area contributed by atoms with Gasteiger partial charge in [0.25, 0.3) is 0 Å². The van der Waals surface area contributed by atoms with Gasteiger partial charge in [0, 0.05) is 69.1 Å². The number of piperazine rings is 1.